The first-order valence-corrected chi connectivity index (χ1v) is 8.86. The fourth-order valence-corrected chi connectivity index (χ4v) is 3.15. The minimum Gasteiger partial charge on any atom is -0.467 e. The molecule has 0 aliphatic carbocycles. The van der Waals surface area contributed by atoms with Gasteiger partial charge in [0.2, 0.25) is 5.91 Å². The molecule has 2 aromatic heterocycles. The molecule has 7 heteroatoms. The van der Waals surface area contributed by atoms with Gasteiger partial charge >= 0.3 is 0 Å². The molecule has 0 radical (unpaired) electrons. The second-order valence-electron chi connectivity index (χ2n) is 5.89. The van der Waals surface area contributed by atoms with Crippen molar-refractivity contribution in [3.8, 4) is 0 Å². The molecule has 1 amide bonds. The molecule has 0 saturated heterocycles. The number of hydrogen-bond donors (Lipinski definition) is 1. The van der Waals surface area contributed by atoms with Gasteiger partial charge in [-0.2, -0.15) is 0 Å². The molecule has 3 rings (SSSR count). The smallest absolute Gasteiger partial charge is 0.237 e. The summed E-state index contributed by atoms with van der Waals surface area (Å²) in [7, 11) is 0. The highest BCUT2D eigenvalue weighted by molar-refractivity contribution is 8.00. The van der Waals surface area contributed by atoms with Crippen molar-refractivity contribution in [2.24, 2.45) is 0 Å². The summed E-state index contributed by atoms with van der Waals surface area (Å²) >= 11 is 1.37. The molecule has 0 aliphatic rings. The van der Waals surface area contributed by atoms with Gasteiger partial charge in [-0.1, -0.05) is 23.9 Å². The highest BCUT2D eigenvalue weighted by Gasteiger charge is 2.19. The Morgan fingerprint density at radius 3 is 2.96 bits per heavy atom. The summed E-state index contributed by atoms with van der Waals surface area (Å²) in [6.07, 6.45) is 3.27. The minimum absolute atomic E-state index is 0.0637. The highest BCUT2D eigenvalue weighted by atomic mass is 32.2. The Morgan fingerprint density at radius 2 is 2.20 bits per heavy atom. The first-order valence-electron chi connectivity index (χ1n) is 7.98. The van der Waals surface area contributed by atoms with Crippen LogP contribution in [0.25, 0.3) is 0 Å². The summed E-state index contributed by atoms with van der Waals surface area (Å²) in [5, 5.41) is 11.4. The number of aryl methyl sites for hydroxylation is 2. The number of carbonyl (C=O) groups excluding carboxylic acids is 1. The summed E-state index contributed by atoms with van der Waals surface area (Å²) in [6.45, 7) is 6.38. The molecule has 6 nitrogen and oxygen atoms in total. The van der Waals surface area contributed by atoms with Crippen LogP contribution in [0.5, 0.6) is 0 Å². The van der Waals surface area contributed by atoms with E-state index < -0.39 is 0 Å². The Hall–Kier alpha value is -2.54. The van der Waals surface area contributed by atoms with Crippen molar-refractivity contribution in [2.75, 3.05) is 5.32 Å². The molecule has 1 N–H and O–H groups in total. The van der Waals surface area contributed by atoms with Gasteiger partial charge in [0.1, 0.15) is 12.1 Å². The van der Waals surface area contributed by atoms with Crippen molar-refractivity contribution in [3.63, 3.8) is 0 Å². The van der Waals surface area contributed by atoms with Crippen LogP contribution in [0.3, 0.4) is 0 Å². The van der Waals surface area contributed by atoms with E-state index in [1.807, 2.05) is 55.7 Å². The van der Waals surface area contributed by atoms with Crippen LogP contribution < -0.4 is 5.32 Å². The van der Waals surface area contributed by atoms with Gasteiger partial charge in [-0.05, 0) is 50.1 Å². The quantitative estimate of drug-likeness (QED) is 0.683. The van der Waals surface area contributed by atoms with Gasteiger partial charge in [0.25, 0.3) is 0 Å². The lowest BCUT2D eigenvalue weighted by Gasteiger charge is -2.14. The van der Waals surface area contributed by atoms with Gasteiger partial charge in [0.15, 0.2) is 5.16 Å². The van der Waals surface area contributed by atoms with E-state index in [4.69, 9.17) is 4.42 Å². The van der Waals surface area contributed by atoms with Crippen LogP contribution in [0.1, 0.15) is 23.8 Å². The second-order valence-corrected chi connectivity index (χ2v) is 7.20. The van der Waals surface area contributed by atoms with Crippen LogP contribution in [0.15, 0.2) is 52.5 Å². The summed E-state index contributed by atoms with van der Waals surface area (Å²) in [4.78, 5) is 12.5. The lowest BCUT2D eigenvalue weighted by Crippen LogP contribution is -2.23. The van der Waals surface area contributed by atoms with Crippen LogP contribution in [-0.4, -0.2) is 25.9 Å². The van der Waals surface area contributed by atoms with E-state index in [-0.39, 0.29) is 11.2 Å². The van der Waals surface area contributed by atoms with Gasteiger partial charge in [0, 0.05) is 5.69 Å². The monoisotopic (exact) mass is 356 g/mol. The summed E-state index contributed by atoms with van der Waals surface area (Å²) in [5.41, 5.74) is 2.99. The summed E-state index contributed by atoms with van der Waals surface area (Å²) in [5.74, 6) is 0.750. The Kier molecular flexibility index (Phi) is 5.23. The van der Waals surface area contributed by atoms with Crippen LogP contribution >= 0.6 is 11.8 Å². The number of nitrogens with one attached hydrogen (secondary N) is 1. The fraction of sp³-hybridized carbons (Fsp3) is 0.278. The number of benzene rings is 1. The first-order chi connectivity index (χ1) is 12.0. The zero-order valence-electron chi connectivity index (χ0n) is 14.4. The molecule has 25 heavy (non-hydrogen) atoms. The predicted molar refractivity (Wildman–Crippen MR) is 97.7 cm³/mol. The van der Waals surface area contributed by atoms with E-state index in [2.05, 4.69) is 15.5 Å². The van der Waals surface area contributed by atoms with E-state index in [1.54, 1.807) is 12.6 Å². The van der Waals surface area contributed by atoms with Crippen LogP contribution in [-0.2, 0) is 11.3 Å². The summed E-state index contributed by atoms with van der Waals surface area (Å²) in [6, 6.07) is 9.74. The maximum absolute atomic E-state index is 12.5. The molecule has 130 valence electrons. The van der Waals surface area contributed by atoms with Crippen LogP contribution in [0.4, 0.5) is 5.69 Å². The Balaban J connectivity index is 1.66. The zero-order chi connectivity index (χ0) is 17.8. The number of anilines is 1. The summed E-state index contributed by atoms with van der Waals surface area (Å²) < 4.78 is 7.22. The number of furan rings is 1. The SMILES string of the molecule is Cc1ccc(C)c(NC(=O)C(C)Sc2nncn2Cc2ccco2)c1. The van der Waals surface area contributed by atoms with Crippen molar-refractivity contribution in [1.29, 1.82) is 0 Å². The lowest BCUT2D eigenvalue weighted by atomic mass is 10.1. The average molecular weight is 356 g/mol. The lowest BCUT2D eigenvalue weighted by molar-refractivity contribution is -0.115. The molecule has 0 spiro atoms. The third-order valence-corrected chi connectivity index (χ3v) is 4.88. The Labute approximate surface area is 150 Å². The first kappa shape index (κ1) is 17.3. The fourth-order valence-electron chi connectivity index (χ4n) is 2.33. The van der Waals surface area contributed by atoms with E-state index in [0.29, 0.717) is 11.7 Å². The van der Waals surface area contributed by atoms with Crippen molar-refractivity contribution >= 4 is 23.4 Å². The number of hydrogen-bond acceptors (Lipinski definition) is 5. The van der Waals surface area contributed by atoms with Crippen LogP contribution in [0, 0.1) is 13.8 Å². The van der Waals surface area contributed by atoms with E-state index in [0.717, 1.165) is 22.6 Å². The van der Waals surface area contributed by atoms with E-state index >= 15 is 0 Å². The zero-order valence-corrected chi connectivity index (χ0v) is 15.2. The van der Waals surface area contributed by atoms with Crippen molar-refractivity contribution in [1.82, 2.24) is 14.8 Å². The molecule has 1 unspecified atom stereocenters. The molecule has 0 fully saturated rings. The number of rotatable bonds is 6. The van der Waals surface area contributed by atoms with Gasteiger partial charge in [-0.25, -0.2) is 0 Å². The Morgan fingerprint density at radius 1 is 1.36 bits per heavy atom. The van der Waals surface area contributed by atoms with E-state index in [9.17, 15) is 4.79 Å². The number of nitrogens with zero attached hydrogens (tertiary/aromatic N) is 3. The third kappa shape index (κ3) is 4.30. The maximum atomic E-state index is 12.5. The molecule has 3 aromatic rings. The van der Waals surface area contributed by atoms with Gasteiger partial charge in [-0.3, -0.25) is 4.79 Å². The number of amides is 1. The molecule has 1 atom stereocenters. The van der Waals surface area contributed by atoms with Gasteiger partial charge < -0.3 is 14.3 Å². The minimum atomic E-state index is -0.306. The van der Waals surface area contributed by atoms with Gasteiger partial charge in [-0.15, -0.1) is 10.2 Å². The number of aromatic nitrogens is 3. The predicted octanol–water partition coefficient (Wildman–Crippen LogP) is 3.66. The topological polar surface area (TPSA) is 73.0 Å². The largest absolute Gasteiger partial charge is 0.467 e. The van der Waals surface area contributed by atoms with Crippen LogP contribution in [0.2, 0.25) is 0 Å². The van der Waals surface area contributed by atoms with Crippen molar-refractivity contribution < 1.29 is 9.21 Å². The number of thioether (sulfide) groups is 1. The second kappa shape index (κ2) is 7.57. The van der Waals surface area contributed by atoms with Gasteiger partial charge in [0.05, 0.1) is 18.1 Å². The number of carbonyl (C=O) groups is 1. The normalized spacial score (nSPS) is 12.1. The van der Waals surface area contributed by atoms with E-state index in [1.165, 1.54) is 11.8 Å². The average Bonchev–Trinajstić information content (AvgIpc) is 3.24. The van der Waals surface area contributed by atoms with Crippen molar-refractivity contribution in [2.45, 2.75) is 37.7 Å². The molecular weight excluding hydrogens is 336 g/mol. The molecule has 0 aliphatic heterocycles. The Bertz CT molecular complexity index is 858. The maximum Gasteiger partial charge on any atom is 0.237 e. The standard InChI is InChI=1S/C18H20N4O2S/c1-12-6-7-13(2)16(9-12)20-17(23)14(3)25-18-21-19-11-22(18)10-15-5-4-8-24-15/h4-9,11,14H,10H2,1-3H3,(H,20,23). The highest BCUT2D eigenvalue weighted by Crippen LogP contribution is 2.24. The molecular formula is C18H20N4O2S. The molecule has 0 saturated carbocycles. The molecule has 2 heterocycles. The molecule has 0 bridgehead atoms. The molecule has 1 aromatic carbocycles. The van der Waals surface area contributed by atoms with Crippen molar-refractivity contribution in [3.05, 3.63) is 59.8 Å². The third-order valence-electron chi connectivity index (χ3n) is 3.79.